The van der Waals surface area contributed by atoms with Crippen molar-refractivity contribution in [2.45, 2.75) is 58.4 Å². The van der Waals surface area contributed by atoms with Crippen molar-refractivity contribution in [3.63, 3.8) is 0 Å². The van der Waals surface area contributed by atoms with E-state index < -0.39 is 0 Å². The number of amides is 1. The summed E-state index contributed by atoms with van der Waals surface area (Å²) in [4.78, 5) is 12.0. The summed E-state index contributed by atoms with van der Waals surface area (Å²) in [6, 6.07) is 6.77. The third-order valence-electron chi connectivity index (χ3n) is 3.80. The van der Waals surface area contributed by atoms with Crippen LogP contribution < -0.4 is 10.6 Å². The van der Waals surface area contributed by atoms with Crippen molar-refractivity contribution >= 4 is 11.6 Å². The first-order valence-corrected chi connectivity index (χ1v) is 7.81. The quantitative estimate of drug-likeness (QED) is 0.782. The average molecular weight is 274 g/mol. The summed E-state index contributed by atoms with van der Waals surface area (Å²) in [6.07, 6.45) is 6.23. The van der Waals surface area contributed by atoms with Gasteiger partial charge < -0.3 is 10.6 Å². The van der Waals surface area contributed by atoms with Gasteiger partial charge in [0, 0.05) is 18.2 Å². The molecular weight excluding hydrogens is 248 g/mol. The number of carbonyl (C=O) groups is 1. The normalized spacial score (nSPS) is 14.2. The highest BCUT2D eigenvalue weighted by atomic mass is 16.1. The molecule has 1 aliphatic carbocycles. The SMILES string of the molecule is CC(C)NCCCC(=O)Nc1cccc2c1CCCC2. The molecule has 20 heavy (non-hydrogen) atoms. The third kappa shape index (κ3) is 4.34. The van der Waals surface area contributed by atoms with Gasteiger partial charge in [0.25, 0.3) is 0 Å². The molecular formula is C17H26N2O. The van der Waals surface area contributed by atoms with Crippen LogP contribution in [0.25, 0.3) is 0 Å². The molecule has 1 aliphatic rings. The van der Waals surface area contributed by atoms with E-state index >= 15 is 0 Å². The second kappa shape index (κ2) is 7.44. The van der Waals surface area contributed by atoms with E-state index in [9.17, 15) is 4.79 Å². The van der Waals surface area contributed by atoms with Crippen LogP contribution in [0.15, 0.2) is 18.2 Å². The Bertz CT molecular complexity index is 454. The second-order valence-corrected chi connectivity index (χ2v) is 5.91. The number of hydrogen-bond acceptors (Lipinski definition) is 2. The zero-order valence-electron chi connectivity index (χ0n) is 12.7. The van der Waals surface area contributed by atoms with Gasteiger partial charge in [-0.05, 0) is 55.8 Å². The summed E-state index contributed by atoms with van der Waals surface area (Å²) in [5, 5.41) is 6.43. The van der Waals surface area contributed by atoms with Crippen LogP contribution in [0.4, 0.5) is 5.69 Å². The molecule has 0 fully saturated rings. The Morgan fingerprint density at radius 2 is 2.05 bits per heavy atom. The van der Waals surface area contributed by atoms with E-state index in [4.69, 9.17) is 0 Å². The van der Waals surface area contributed by atoms with Crippen LogP contribution in [0.2, 0.25) is 0 Å². The lowest BCUT2D eigenvalue weighted by Gasteiger charge is -2.19. The van der Waals surface area contributed by atoms with Gasteiger partial charge in [0.1, 0.15) is 0 Å². The maximum atomic E-state index is 12.0. The second-order valence-electron chi connectivity index (χ2n) is 5.91. The van der Waals surface area contributed by atoms with E-state index in [-0.39, 0.29) is 5.91 Å². The van der Waals surface area contributed by atoms with Crippen LogP contribution in [0.5, 0.6) is 0 Å². The van der Waals surface area contributed by atoms with Gasteiger partial charge in [0.05, 0.1) is 0 Å². The van der Waals surface area contributed by atoms with E-state index in [1.165, 1.54) is 24.0 Å². The minimum absolute atomic E-state index is 0.134. The summed E-state index contributed by atoms with van der Waals surface area (Å²) in [7, 11) is 0. The lowest BCUT2D eigenvalue weighted by atomic mass is 9.90. The van der Waals surface area contributed by atoms with Gasteiger partial charge in [-0.2, -0.15) is 0 Å². The number of aryl methyl sites for hydroxylation is 1. The summed E-state index contributed by atoms with van der Waals surface area (Å²) in [5.74, 6) is 0.134. The molecule has 0 bridgehead atoms. The van der Waals surface area contributed by atoms with Gasteiger partial charge in [-0.1, -0.05) is 26.0 Å². The standard InChI is InChI=1S/C17H26N2O/c1-13(2)18-12-6-11-17(20)19-16-10-5-8-14-7-3-4-9-15(14)16/h5,8,10,13,18H,3-4,6-7,9,11-12H2,1-2H3,(H,19,20). The predicted octanol–water partition coefficient (Wildman–Crippen LogP) is 3.28. The van der Waals surface area contributed by atoms with Gasteiger partial charge in [-0.25, -0.2) is 0 Å². The van der Waals surface area contributed by atoms with Crippen molar-refractivity contribution in [1.82, 2.24) is 5.32 Å². The van der Waals surface area contributed by atoms with Crippen LogP contribution in [-0.2, 0) is 17.6 Å². The van der Waals surface area contributed by atoms with Crippen molar-refractivity contribution in [1.29, 1.82) is 0 Å². The first-order valence-electron chi connectivity index (χ1n) is 7.81. The van der Waals surface area contributed by atoms with Crippen LogP contribution in [0, 0.1) is 0 Å². The predicted molar refractivity (Wildman–Crippen MR) is 84.1 cm³/mol. The molecule has 0 radical (unpaired) electrons. The van der Waals surface area contributed by atoms with Crippen LogP contribution >= 0.6 is 0 Å². The van der Waals surface area contributed by atoms with Crippen LogP contribution in [-0.4, -0.2) is 18.5 Å². The molecule has 2 rings (SSSR count). The van der Waals surface area contributed by atoms with Gasteiger partial charge >= 0.3 is 0 Å². The number of fused-ring (bicyclic) bond motifs is 1. The summed E-state index contributed by atoms with van der Waals surface area (Å²) < 4.78 is 0. The number of rotatable bonds is 6. The molecule has 0 atom stereocenters. The zero-order valence-corrected chi connectivity index (χ0v) is 12.7. The van der Waals surface area contributed by atoms with Crippen LogP contribution in [0.1, 0.15) is 50.7 Å². The minimum atomic E-state index is 0.134. The fourth-order valence-corrected chi connectivity index (χ4v) is 2.75. The fourth-order valence-electron chi connectivity index (χ4n) is 2.75. The summed E-state index contributed by atoms with van der Waals surface area (Å²) >= 11 is 0. The maximum absolute atomic E-state index is 12.0. The number of anilines is 1. The van der Waals surface area contributed by atoms with E-state index in [0.29, 0.717) is 12.5 Å². The Kier molecular flexibility index (Phi) is 5.60. The number of nitrogens with one attached hydrogen (secondary N) is 2. The van der Waals surface area contributed by atoms with Crippen molar-refractivity contribution in [3.8, 4) is 0 Å². The molecule has 1 aromatic rings. The van der Waals surface area contributed by atoms with E-state index in [0.717, 1.165) is 31.5 Å². The number of hydrogen-bond donors (Lipinski definition) is 2. The first-order chi connectivity index (χ1) is 9.66. The van der Waals surface area contributed by atoms with Crippen molar-refractivity contribution in [2.24, 2.45) is 0 Å². The molecule has 3 nitrogen and oxygen atoms in total. The molecule has 0 aliphatic heterocycles. The van der Waals surface area contributed by atoms with Crippen LogP contribution in [0.3, 0.4) is 0 Å². The lowest BCUT2D eigenvalue weighted by Crippen LogP contribution is -2.25. The van der Waals surface area contributed by atoms with Crippen molar-refractivity contribution in [3.05, 3.63) is 29.3 Å². The molecule has 1 amide bonds. The Labute approximate surface area is 122 Å². The van der Waals surface area contributed by atoms with E-state index in [1.807, 2.05) is 6.07 Å². The molecule has 0 spiro atoms. The van der Waals surface area contributed by atoms with Gasteiger partial charge in [-0.15, -0.1) is 0 Å². The average Bonchev–Trinajstić information content (AvgIpc) is 2.44. The number of carbonyl (C=O) groups excluding carboxylic acids is 1. The smallest absolute Gasteiger partial charge is 0.224 e. The molecule has 110 valence electrons. The largest absolute Gasteiger partial charge is 0.326 e. The van der Waals surface area contributed by atoms with E-state index in [1.54, 1.807) is 0 Å². The fraction of sp³-hybridized carbons (Fsp3) is 0.588. The highest BCUT2D eigenvalue weighted by molar-refractivity contribution is 5.91. The molecule has 0 saturated heterocycles. The topological polar surface area (TPSA) is 41.1 Å². The van der Waals surface area contributed by atoms with Gasteiger partial charge in [0.15, 0.2) is 0 Å². The molecule has 1 aromatic carbocycles. The molecule has 0 unspecified atom stereocenters. The summed E-state index contributed by atoms with van der Waals surface area (Å²) in [6.45, 7) is 5.14. The van der Waals surface area contributed by atoms with Gasteiger partial charge in [-0.3, -0.25) is 4.79 Å². The minimum Gasteiger partial charge on any atom is -0.326 e. The molecule has 3 heteroatoms. The Morgan fingerprint density at radius 1 is 1.25 bits per heavy atom. The first kappa shape index (κ1) is 15.0. The Balaban J connectivity index is 1.85. The number of benzene rings is 1. The third-order valence-corrected chi connectivity index (χ3v) is 3.80. The van der Waals surface area contributed by atoms with E-state index in [2.05, 4.69) is 36.6 Å². The Hall–Kier alpha value is -1.35. The molecule has 2 N–H and O–H groups in total. The van der Waals surface area contributed by atoms with Crippen molar-refractivity contribution < 1.29 is 4.79 Å². The van der Waals surface area contributed by atoms with Crippen molar-refractivity contribution in [2.75, 3.05) is 11.9 Å². The lowest BCUT2D eigenvalue weighted by molar-refractivity contribution is -0.116. The Morgan fingerprint density at radius 3 is 2.85 bits per heavy atom. The molecule has 0 aromatic heterocycles. The molecule has 0 heterocycles. The van der Waals surface area contributed by atoms with Gasteiger partial charge in [0.2, 0.25) is 5.91 Å². The monoisotopic (exact) mass is 274 g/mol. The zero-order chi connectivity index (χ0) is 14.4. The summed E-state index contributed by atoms with van der Waals surface area (Å²) in [5.41, 5.74) is 3.80. The highest BCUT2D eigenvalue weighted by Crippen LogP contribution is 2.27. The molecule has 0 saturated carbocycles. The maximum Gasteiger partial charge on any atom is 0.224 e. The highest BCUT2D eigenvalue weighted by Gasteiger charge is 2.14.